The maximum Gasteiger partial charge on any atom is 0.325 e. The maximum atomic E-state index is 13.3. The Labute approximate surface area is 153 Å². The summed E-state index contributed by atoms with van der Waals surface area (Å²) >= 11 is 0. The van der Waals surface area contributed by atoms with Gasteiger partial charge in [0.15, 0.2) is 5.60 Å². The van der Waals surface area contributed by atoms with Crippen molar-refractivity contribution in [2.24, 2.45) is 0 Å². The number of benzene rings is 1. The second-order valence-electron chi connectivity index (χ2n) is 7.62. The predicted molar refractivity (Wildman–Crippen MR) is 99.1 cm³/mol. The number of hydrogen-bond donors (Lipinski definition) is 0. The Hall–Kier alpha value is -2.33. The first kappa shape index (κ1) is 15.9. The number of esters is 1. The third-order valence-electron chi connectivity index (χ3n) is 6.44. The van der Waals surface area contributed by atoms with Gasteiger partial charge in [0.2, 0.25) is 0 Å². The Morgan fingerprint density at radius 1 is 1.15 bits per heavy atom. The average molecular weight is 349 g/mol. The Balaban J connectivity index is 1.64. The zero-order valence-corrected chi connectivity index (χ0v) is 15.0. The Morgan fingerprint density at radius 3 is 2.77 bits per heavy atom. The van der Waals surface area contributed by atoms with E-state index in [2.05, 4.69) is 11.0 Å². The molecule has 0 bridgehead atoms. The molecular weight excluding hydrogens is 326 g/mol. The lowest BCUT2D eigenvalue weighted by molar-refractivity contribution is -0.180. The Bertz CT molecular complexity index is 837. The van der Waals surface area contributed by atoms with E-state index >= 15 is 0 Å². The van der Waals surface area contributed by atoms with Gasteiger partial charge in [-0.2, -0.15) is 0 Å². The normalized spacial score (nSPS) is 35.2. The summed E-state index contributed by atoms with van der Waals surface area (Å²) in [6.07, 6.45) is 13.6. The third kappa shape index (κ3) is 1.91. The Morgan fingerprint density at radius 2 is 2.00 bits per heavy atom. The number of allylic oxidation sites excluding steroid dienone is 4. The van der Waals surface area contributed by atoms with Crippen molar-refractivity contribution in [3.05, 3.63) is 65.8 Å². The summed E-state index contributed by atoms with van der Waals surface area (Å²) in [6.45, 7) is 1.92. The monoisotopic (exact) mass is 349 g/mol. The summed E-state index contributed by atoms with van der Waals surface area (Å²) in [5, 5.41) is 0. The van der Waals surface area contributed by atoms with Crippen LogP contribution in [0.3, 0.4) is 0 Å². The van der Waals surface area contributed by atoms with Gasteiger partial charge in [-0.05, 0) is 37.1 Å². The molecule has 0 amide bonds. The first-order valence-corrected chi connectivity index (χ1v) is 9.40. The van der Waals surface area contributed by atoms with Crippen LogP contribution in [-0.4, -0.2) is 42.7 Å². The van der Waals surface area contributed by atoms with E-state index in [1.807, 2.05) is 48.6 Å². The van der Waals surface area contributed by atoms with Crippen LogP contribution < -0.4 is 4.74 Å². The number of carbonyl (C=O) groups is 1. The molecule has 3 aliphatic heterocycles. The van der Waals surface area contributed by atoms with Crippen molar-refractivity contribution in [2.75, 3.05) is 20.2 Å². The van der Waals surface area contributed by atoms with Gasteiger partial charge in [-0.1, -0.05) is 48.9 Å². The van der Waals surface area contributed by atoms with Crippen molar-refractivity contribution in [2.45, 2.75) is 36.3 Å². The molecule has 1 aliphatic carbocycles. The van der Waals surface area contributed by atoms with E-state index in [-0.39, 0.29) is 5.97 Å². The molecule has 2 unspecified atom stereocenters. The minimum atomic E-state index is -0.834. The number of fused-ring (bicyclic) bond motifs is 4. The summed E-state index contributed by atoms with van der Waals surface area (Å²) in [5.41, 5.74) is 0.726. The van der Waals surface area contributed by atoms with Crippen LogP contribution in [0.25, 0.3) is 0 Å². The zero-order chi connectivity index (χ0) is 17.8. The lowest BCUT2D eigenvalue weighted by Crippen LogP contribution is -2.71. The van der Waals surface area contributed by atoms with E-state index in [4.69, 9.17) is 9.47 Å². The summed E-state index contributed by atoms with van der Waals surface area (Å²) < 4.78 is 11.5. The van der Waals surface area contributed by atoms with Crippen LogP contribution in [-0.2, 0) is 14.9 Å². The minimum Gasteiger partial charge on any atom is -0.497 e. The van der Waals surface area contributed by atoms with Gasteiger partial charge in [-0.25, -0.2) is 0 Å². The van der Waals surface area contributed by atoms with Crippen LogP contribution in [0.5, 0.6) is 5.75 Å². The molecule has 4 aliphatic rings. The molecule has 0 N–H and O–H groups in total. The highest BCUT2D eigenvalue weighted by Gasteiger charge is 2.69. The molecule has 0 saturated carbocycles. The molecule has 1 aromatic rings. The summed E-state index contributed by atoms with van der Waals surface area (Å²) in [5.74, 6) is 0.633. The standard InChI is InChI=1S/C22H23NO3/c1-25-17-11-9-16(10-12-17)21-13-5-2-3-7-18(21)22(26-20(21)24)15-23-14-6-4-8-19(22)23/h2-3,5,7,9-13,19H,4,6,8,14-15H2,1H3/t19?,21?,22-/m1/s1. The molecule has 1 spiro atoms. The second kappa shape index (κ2) is 5.58. The number of nitrogens with zero attached hydrogens (tertiary/aromatic N) is 1. The van der Waals surface area contributed by atoms with Crippen molar-refractivity contribution < 1.29 is 14.3 Å². The molecular formula is C22H23NO3. The number of carbonyl (C=O) groups excluding carboxylic acids is 1. The highest BCUT2D eigenvalue weighted by Crippen LogP contribution is 2.57. The molecule has 4 nitrogen and oxygen atoms in total. The van der Waals surface area contributed by atoms with Gasteiger partial charge in [0.25, 0.3) is 0 Å². The van der Waals surface area contributed by atoms with Crippen LogP contribution in [0, 0.1) is 0 Å². The smallest absolute Gasteiger partial charge is 0.325 e. The van der Waals surface area contributed by atoms with Crippen LogP contribution in [0.2, 0.25) is 0 Å². The summed E-state index contributed by atoms with van der Waals surface area (Å²) in [6, 6.07) is 8.12. The maximum absolute atomic E-state index is 13.3. The molecule has 0 aromatic heterocycles. The van der Waals surface area contributed by atoms with Crippen molar-refractivity contribution in [3.63, 3.8) is 0 Å². The molecule has 1 aromatic carbocycles. The molecule has 134 valence electrons. The fourth-order valence-corrected chi connectivity index (χ4v) is 5.18. The highest BCUT2D eigenvalue weighted by molar-refractivity contribution is 5.95. The third-order valence-corrected chi connectivity index (χ3v) is 6.44. The predicted octanol–water partition coefficient (Wildman–Crippen LogP) is 3.15. The zero-order valence-electron chi connectivity index (χ0n) is 15.0. The lowest BCUT2D eigenvalue weighted by atomic mass is 9.64. The topological polar surface area (TPSA) is 38.8 Å². The fraction of sp³-hybridized carbons (Fsp3) is 0.409. The SMILES string of the molecule is COc1ccc(C23C=CC=CC=C2[C@@]2(CN4CCCCC42)OC3=O)cc1. The van der Waals surface area contributed by atoms with Crippen molar-refractivity contribution >= 4 is 5.97 Å². The number of ether oxygens (including phenoxy) is 2. The fourth-order valence-electron chi connectivity index (χ4n) is 5.18. The van der Waals surface area contributed by atoms with E-state index in [0.29, 0.717) is 6.04 Å². The first-order chi connectivity index (χ1) is 12.7. The van der Waals surface area contributed by atoms with Gasteiger partial charge >= 0.3 is 5.97 Å². The van der Waals surface area contributed by atoms with Gasteiger partial charge in [0.1, 0.15) is 11.2 Å². The molecule has 3 saturated heterocycles. The van der Waals surface area contributed by atoms with E-state index in [9.17, 15) is 4.79 Å². The van der Waals surface area contributed by atoms with Crippen molar-refractivity contribution in [3.8, 4) is 5.75 Å². The van der Waals surface area contributed by atoms with Crippen molar-refractivity contribution in [1.29, 1.82) is 0 Å². The first-order valence-electron chi connectivity index (χ1n) is 9.40. The Kier molecular flexibility index (Phi) is 3.41. The summed E-state index contributed by atoms with van der Waals surface area (Å²) in [4.78, 5) is 15.8. The number of hydrogen-bond acceptors (Lipinski definition) is 4. The molecule has 26 heavy (non-hydrogen) atoms. The largest absolute Gasteiger partial charge is 0.497 e. The van der Waals surface area contributed by atoms with Gasteiger partial charge in [-0.3, -0.25) is 9.69 Å². The average Bonchev–Trinajstić information content (AvgIpc) is 2.80. The van der Waals surface area contributed by atoms with Crippen LogP contribution in [0.15, 0.2) is 60.2 Å². The molecule has 3 fully saturated rings. The molecule has 5 rings (SSSR count). The van der Waals surface area contributed by atoms with E-state index in [1.54, 1.807) is 7.11 Å². The number of piperidine rings is 1. The molecule has 4 heteroatoms. The van der Waals surface area contributed by atoms with Crippen molar-refractivity contribution in [1.82, 2.24) is 4.90 Å². The van der Waals surface area contributed by atoms with E-state index in [0.717, 1.165) is 36.4 Å². The number of rotatable bonds is 2. The summed E-state index contributed by atoms with van der Waals surface area (Å²) in [7, 11) is 1.65. The number of methoxy groups -OCH3 is 1. The van der Waals surface area contributed by atoms with Crippen LogP contribution >= 0.6 is 0 Å². The minimum absolute atomic E-state index is 0.154. The van der Waals surface area contributed by atoms with E-state index in [1.165, 1.54) is 12.8 Å². The molecule has 0 radical (unpaired) electrons. The second-order valence-corrected chi connectivity index (χ2v) is 7.62. The van der Waals surface area contributed by atoms with E-state index < -0.39 is 11.0 Å². The lowest BCUT2D eigenvalue weighted by Gasteiger charge is -2.57. The molecule has 3 heterocycles. The van der Waals surface area contributed by atoms with Crippen LogP contribution in [0.4, 0.5) is 0 Å². The highest BCUT2D eigenvalue weighted by atomic mass is 16.6. The van der Waals surface area contributed by atoms with Crippen LogP contribution in [0.1, 0.15) is 24.8 Å². The van der Waals surface area contributed by atoms with Gasteiger partial charge < -0.3 is 9.47 Å². The molecule has 3 atom stereocenters. The van der Waals surface area contributed by atoms with Gasteiger partial charge in [0.05, 0.1) is 13.2 Å². The van der Waals surface area contributed by atoms with Gasteiger partial charge in [-0.15, -0.1) is 0 Å². The van der Waals surface area contributed by atoms with Gasteiger partial charge in [0, 0.05) is 12.1 Å². The quantitative estimate of drug-likeness (QED) is 0.769.